The number of hydrogen-bond donors (Lipinski definition) is 0. The zero-order valence-electron chi connectivity index (χ0n) is 24.1. The first-order valence-electron chi connectivity index (χ1n) is 13.5. The number of hydrogen-bond acceptors (Lipinski definition) is 5. The lowest BCUT2D eigenvalue weighted by Crippen LogP contribution is -2.40. The molecule has 37 heavy (non-hydrogen) atoms. The number of carbonyl (C=O) groups is 1. The topological polar surface area (TPSA) is 83.2 Å². The summed E-state index contributed by atoms with van der Waals surface area (Å²) in [6, 6.07) is 8.17. The molecule has 204 valence electrons. The number of fused-ring (bicyclic) bond motifs is 1. The average Bonchev–Trinajstić information content (AvgIpc) is 2.91. The van der Waals surface area contributed by atoms with Crippen molar-refractivity contribution in [1.82, 2.24) is 14.1 Å². The molecule has 0 aliphatic carbocycles. The molecule has 2 heterocycles. The van der Waals surface area contributed by atoms with E-state index >= 15 is 0 Å². The van der Waals surface area contributed by atoms with Crippen molar-refractivity contribution in [2.75, 3.05) is 6.61 Å². The van der Waals surface area contributed by atoms with E-state index in [1.54, 1.807) is 13.2 Å². The lowest BCUT2D eigenvalue weighted by atomic mass is 9.90. The predicted octanol–water partition coefficient (Wildman–Crippen LogP) is 6.09. The van der Waals surface area contributed by atoms with Crippen LogP contribution in [0.2, 0.25) is 0 Å². The smallest absolute Gasteiger partial charge is 0.331 e. The van der Waals surface area contributed by atoms with Crippen LogP contribution in [0, 0.1) is 5.92 Å². The van der Waals surface area contributed by atoms with E-state index in [4.69, 9.17) is 9.72 Å². The highest BCUT2D eigenvalue weighted by Gasteiger charge is 2.21. The SMILES string of the molecule is CC.CC.CC(C)CCc1c(-c2ccccc2C(C)C)ncc2c1c(=O)n(CCCOC=O)c(=O)n2C. The Hall–Kier alpha value is -3.22. The summed E-state index contributed by atoms with van der Waals surface area (Å²) < 4.78 is 7.47. The number of aryl methyl sites for hydroxylation is 2. The van der Waals surface area contributed by atoms with Gasteiger partial charge < -0.3 is 4.74 Å². The third-order valence-corrected chi connectivity index (χ3v) is 6.02. The van der Waals surface area contributed by atoms with E-state index in [0.717, 1.165) is 23.2 Å². The van der Waals surface area contributed by atoms with Gasteiger partial charge in [0.25, 0.3) is 12.0 Å². The number of benzene rings is 1. The van der Waals surface area contributed by atoms with Crippen LogP contribution in [0.5, 0.6) is 0 Å². The Bertz CT molecular complexity index is 1260. The molecular formula is C30H45N3O4. The van der Waals surface area contributed by atoms with Gasteiger partial charge in [0.2, 0.25) is 0 Å². The van der Waals surface area contributed by atoms with Crippen molar-refractivity contribution in [3.8, 4) is 11.3 Å². The van der Waals surface area contributed by atoms with Gasteiger partial charge in [-0.15, -0.1) is 0 Å². The van der Waals surface area contributed by atoms with Crippen molar-refractivity contribution in [3.05, 3.63) is 62.4 Å². The van der Waals surface area contributed by atoms with E-state index in [2.05, 4.69) is 39.8 Å². The predicted molar refractivity (Wildman–Crippen MR) is 153 cm³/mol. The molecule has 0 fully saturated rings. The summed E-state index contributed by atoms with van der Waals surface area (Å²) in [7, 11) is 1.66. The molecule has 0 saturated heterocycles. The van der Waals surface area contributed by atoms with Crippen molar-refractivity contribution >= 4 is 17.4 Å². The van der Waals surface area contributed by atoms with Crippen molar-refractivity contribution < 1.29 is 9.53 Å². The number of carbonyl (C=O) groups excluding carboxylic acids is 1. The summed E-state index contributed by atoms with van der Waals surface area (Å²) >= 11 is 0. The maximum atomic E-state index is 13.6. The number of rotatable bonds is 10. The minimum absolute atomic E-state index is 0.153. The van der Waals surface area contributed by atoms with Crippen LogP contribution in [-0.2, 0) is 29.5 Å². The van der Waals surface area contributed by atoms with E-state index in [9.17, 15) is 14.4 Å². The number of ether oxygens (including phenoxy) is 1. The Morgan fingerprint density at radius 1 is 1.03 bits per heavy atom. The highest BCUT2D eigenvalue weighted by molar-refractivity contribution is 5.87. The molecule has 1 aromatic carbocycles. The fourth-order valence-electron chi connectivity index (χ4n) is 4.22. The molecule has 0 unspecified atom stereocenters. The molecular weight excluding hydrogens is 466 g/mol. The largest absolute Gasteiger partial charge is 0.468 e. The van der Waals surface area contributed by atoms with Crippen LogP contribution in [0.1, 0.15) is 85.3 Å². The van der Waals surface area contributed by atoms with Crippen LogP contribution in [0.4, 0.5) is 0 Å². The van der Waals surface area contributed by atoms with Gasteiger partial charge in [0.15, 0.2) is 0 Å². The molecule has 0 bridgehead atoms. The van der Waals surface area contributed by atoms with Crippen LogP contribution < -0.4 is 11.2 Å². The van der Waals surface area contributed by atoms with E-state index in [0.29, 0.717) is 42.1 Å². The molecule has 0 radical (unpaired) electrons. The standard InChI is InChI=1S/C26H33N3O4.2C2H6/c1-17(2)11-12-21-23-22(15-27-24(21)20-10-7-6-9-19(20)18(3)4)28(5)26(32)29(25(23)31)13-8-14-33-16-30;2*1-2/h6-7,9-10,15-18H,8,11-14H2,1-5H3;2*1-2H3. The Labute approximate surface area is 221 Å². The third-order valence-electron chi connectivity index (χ3n) is 6.02. The Balaban J connectivity index is 0.00000163. The minimum atomic E-state index is -0.398. The zero-order chi connectivity index (χ0) is 28.1. The minimum Gasteiger partial charge on any atom is -0.468 e. The van der Waals surface area contributed by atoms with E-state index in [-0.39, 0.29) is 18.7 Å². The van der Waals surface area contributed by atoms with Crippen LogP contribution in [0.15, 0.2) is 40.1 Å². The van der Waals surface area contributed by atoms with E-state index in [1.165, 1.54) is 14.7 Å². The first kappa shape index (κ1) is 31.8. The van der Waals surface area contributed by atoms with Gasteiger partial charge in [0.05, 0.1) is 29.4 Å². The monoisotopic (exact) mass is 511 g/mol. The van der Waals surface area contributed by atoms with E-state index in [1.807, 2.05) is 39.8 Å². The Morgan fingerprint density at radius 3 is 2.27 bits per heavy atom. The summed E-state index contributed by atoms with van der Waals surface area (Å²) in [6.07, 6.45) is 3.61. The van der Waals surface area contributed by atoms with Gasteiger partial charge in [-0.05, 0) is 42.2 Å². The second-order valence-electron chi connectivity index (χ2n) is 9.14. The molecule has 7 heteroatoms. The van der Waals surface area contributed by atoms with Crippen molar-refractivity contribution in [3.63, 3.8) is 0 Å². The molecule has 0 atom stereocenters. The summed E-state index contributed by atoms with van der Waals surface area (Å²) in [5.41, 5.74) is 3.70. The lowest BCUT2D eigenvalue weighted by Gasteiger charge is -2.19. The third kappa shape index (κ3) is 7.63. The fraction of sp³-hybridized carbons (Fsp3) is 0.533. The maximum Gasteiger partial charge on any atom is 0.331 e. The van der Waals surface area contributed by atoms with E-state index < -0.39 is 5.69 Å². The molecule has 3 aromatic rings. The summed E-state index contributed by atoms with van der Waals surface area (Å²) in [4.78, 5) is 41.8. The molecule has 7 nitrogen and oxygen atoms in total. The zero-order valence-corrected chi connectivity index (χ0v) is 24.1. The van der Waals surface area contributed by atoms with Crippen LogP contribution in [0.3, 0.4) is 0 Å². The maximum absolute atomic E-state index is 13.6. The molecule has 0 aliphatic rings. The highest BCUT2D eigenvalue weighted by atomic mass is 16.5. The normalized spacial score (nSPS) is 10.6. The van der Waals surface area contributed by atoms with Gasteiger partial charge in [-0.3, -0.25) is 23.7 Å². The van der Waals surface area contributed by atoms with Gasteiger partial charge in [-0.2, -0.15) is 0 Å². The van der Waals surface area contributed by atoms with Crippen molar-refractivity contribution in [1.29, 1.82) is 0 Å². The number of aromatic nitrogens is 3. The molecule has 0 spiro atoms. The number of nitrogens with zero attached hydrogens (tertiary/aromatic N) is 3. The average molecular weight is 512 g/mol. The van der Waals surface area contributed by atoms with Crippen LogP contribution in [-0.4, -0.2) is 27.2 Å². The molecule has 0 saturated carbocycles. The Kier molecular flexibility index (Phi) is 13.6. The van der Waals surface area contributed by atoms with Crippen LogP contribution >= 0.6 is 0 Å². The molecule has 0 aliphatic heterocycles. The second-order valence-corrected chi connectivity index (χ2v) is 9.14. The highest BCUT2D eigenvalue weighted by Crippen LogP contribution is 2.33. The van der Waals surface area contributed by atoms with Crippen molar-refractivity contribution in [2.45, 2.75) is 87.1 Å². The fourth-order valence-corrected chi connectivity index (χ4v) is 4.22. The van der Waals surface area contributed by atoms with Gasteiger partial charge in [-0.1, -0.05) is 79.7 Å². The molecule has 2 aromatic heterocycles. The van der Waals surface area contributed by atoms with Gasteiger partial charge in [-0.25, -0.2) is 4.79 Å². The number of pyridine rings is 1. The molecule has 3 rings (SSSR count). The quantitative estimate of drug-likeness (QED) is 0.243. The molecule has 0 amide bonds. The molecule has 0 N–H and O–H groups in total. The first-order chi connectivity index (χ1) is 17.8. The summed E-state index contributed by atoms with van der Waals surface area (Å²) in [6.45, 7) is 17.3. The van der Waals surface area contributed by atoms with Crippen LogP contribution in [0.25, 0.3) is 22.2 Å². The first-order valence-corrected chi connectivity index (χ1v) is 13.5. The Morgan fingerprint density at radius 2 is 1.68 bits per heavy atom. The summed E-state index contributed by atoms with van der Waals surface area (Å²) in [5.74, 6) is 0.745. The lowest BCUT2D eigenvalue weighted by molar-refractivity contribution is -0.128. The van der Waals surface area contributed by atoms with Gasteiger partial charge in [0.1, 0.15) is 0 Å². The van der Waals surface area contributed by atoms with Gasteiger partial charge >= 0.3 is 5.69 Å². The second kappa shape index (κ2) is 15.8. The van der Waals surface area contributed by atoms with Crippen molar-refractivity contribution in [2.24, 2.45) is 13.0 Å². The summed E-state index contributed by atoms with van der Waals surface area (Å²) in [5, 5.41) is 0.539. The van der Waals surface area contributed by atoms with Gasteiger partial charge in [0, 0.05) is 19.2 Å².